The van der Waals surface area contributed by atoms with Crippen molar-refractivity contribution < 1.29 is 52.7 Å². The Balaban J connectivity index is 0.000000732. The third kappa shape index (κ3) is 7.49. The van der Waals surface area contributed by atoms with Crippen LogP contribution in [0.15, 0.2) is 42.5 Å². The van der Waals surface area contributed by atoms with Crippen LogP contribution in [0.3, 0.4) is 0 Å². The normalized spacial score (nSPS) is 13.5. The molecule has 2 aromatic carbocycles. The maximum Gasteiger partial charge on any atom is 0.333 e. The van der Waals surface area contributed by atoms with Crippen LogP contribution in [0.4, 0.5) is 11.4 Å². The molecule has 0 atom stereocenters. The Morgan fingerprint density at radius 1 is 0.868 bits per heavy atom. The van der Waals surface area contributed by atoms with Crippen molar-refractivity contribution in [2.24, 2.45) is 0 Å². The summed E-state index contributed by atoms with van der Waals surface area (Å²) in [6.45, 7) is 0.582. The third-order valence-electron chi connectivity index (χ3n) is 5.91. The maximum atomic E-state index is 12.3. The molecule has 12 nitrogen and oxygen atoms in total. The second kappa shape index (κ2) is 11.9. The molecule has 1 fully saturated rings. The molecule has 0 unspecified atom stereocenters. The minimum absolute atomic E-state index is 0.0897. The molecule has 0 radical (unpaired) electrons. The highest BCUT2D eigenvalue weighted by atomic mass is 35.7. The van der Waals surface area contributed by atoms with Crippen LogP contribution in [0, 0.1) is 10.2 Å². The molecule has 13 heteroatoms. The first-order valence-electron chi connectivity index (χ1n) is 11.7. The number of hydroxylamine groups is 2. The average Bonchev–Trinajstić information content (AvgIpc) is 3.13. The van der Waals surface area contributed by atoms with Gasteiger partial charge in [-0.3, -0.25) is 9.59 Å². The third-order valence-corrected chi connectivity index (χ3v) is 5.91. The first-order chi connectivity index (χ1) is 17.7. The summed E-state index contributed by atoms with van der Waals surface area (Å²) in [6, 6.07) is 14.9. The summed E-state index contributed by atoms with van der Waals surface area (Å²) in [5.41, 5.74) is 4.32. The van der Waals surface area contributed by atoms with Gasteiger partial charge in [-0.05, 0) is 30.3 Å². The molecule has 0 aliphatic carbocycles. The number of pyridine rings is 1. The van der Waals surface area contributed by atoms with E-state index >= 15 is 0 Å². The van der Waals surface area contributed by atoms with Gasteiger partial charge >= 0.3 is 5.97 Å². The van der Waals surface area contributed by atoms with Gasteiger partial charge in [-0.1, -0.05) is 0 Å². The molecule has 0 N–H and O–H groups in total. The number of anilines is 2. The van der Waals surface area contributed by atoms with E-state index in [0.29, 0.717) is 18.0 Å². The molecule has 1 aliphatic rings. The topological polar surface area (TPSA) is 166 Å². The monoisotopic (exact) mass is 548 g/mol. The molecule has 0 spiro atoms. The number of hydrogen-bond acceptors (Lipinski definition) is 10. The molecule has 1 aromatic heterocycles. The Morgan fingerprint density at radius 2 is 1.32 bits per heavy atom. The van der Waals surface area contributed by atoms with E-state index in [-0.39, 0.29) is 19.3 Å². The van der Waals surface area contributed by atoms with Gasteiger partial charge in [0.05, 0.1) is 6.42 Å². The summed E-state index contributed by atoms with van der Waals surface area (Å²) in [6.07, 6.45) is 0.785. The molecule has 2 amide bonds. The van der Waals surface area contributed by atoms with Gasteiger partial charge in [0.2, 0.25) is 11.0 Å². The van der Waals surface area contributed by atoms with Crippen molar-refractivity contribution in [3.05, 3.63) is 42.5 Å². The summed E-state index contributed by atoms with van der Waals surface area (Å²) in [5.74, 6) is -1.50. The molecule has 38 heavy (non-hydrogen) atoms. The number of aryl methyl sites for hydroxylation is 1. The number of halogens is 1. The Bertz CT molecular complexity index is 1270. The quantitative estimate of drug-likeness (QED) is 0.184. The molecular formula is C25H29ClN4O8. The number of rotatable bonds is 7. The van der Waals surface area contributed by atoms with Crippen molar-refractivity contribution in [2.45, 2.75) is 32.2 Å². The Hall–Kier alpha value is -3.55. The smallest absolute Gasteiger partial charge is 0.333 e. The molecule has 3 aromatic rings. The van der Waals surface area contributed by atoms with Gasteiger partial charge in [0.25, 0.3) is 11.8 Å². The lowest BCUT2D eigenvalue weighted by atomic mass is 10.1. The highest BCUT2D eigenvalue weighted by molar-refractivity contribution is 6.01. The molecule has 1 aliphatic heterocycles. The minimum atomic E-state index is -4.94. The SMILES string of the molecule is CN(C)c1ccc2cc3ccc(N(C)C)cc3[n+](CCCC(=O)ON3C(=O)CCC3=O)c2c1.[O-][Cl+3]([O-])([O-])[O-]. The molecule has 4 rings (SSSR count). The van der Waals surface area contributed by atoms with Gasteiger partial charge in [-0.15, -0.1) is 15.3 Å². The van der Waals surface area contributed by atoms with Crippen molar-refractivity contribution in [3.63, 3.8) is 0 Å². The molecule has 0 bridgehead atoms. The lowest BCUT2D eigenvalue weighted by molar-refractivity contribution is -2.00. The number of aromatic nitrogens is 1. The first kappa shape index (κ1) is 29.0. The van der Waals surface area contributed by atoms with Gasteiger partial charge < -0.3 is 14.6 Å². The van der Waals surface area contributed by atoms with E-state index in [1.807, 2.05) is 28.2 Å². The van der Waals surface area contributed by atoms with Gasteiger partial charge in [-0.25, -0.2) is 23.4 Å². The van der Waals surface area contributed by atoms with E-state index in [1.165, 1.54) is 0 Å². The highest BCUT2D eigenvalue weighted by Crippen LogP contribution is 2.25. The van der Waals surface area contributed by atoms with E-state index in [1.54, 1.807) is 0 Å². The second-order valence-corrected chi connectivity index (χ2v) is 9.85. The second-order valence-electron chi connectivity index (χ2n) is 9.10. The van der Waals surface area contributed by atoms with Crippen LogP contribution in [0.1, 0.15) is 25.7 Å². The summed E-state index contributed by atoms with van der Waals surface area (Å²) in [7, 11) is 3.09. The highest BCUT2D eigenvalue weighted by Gasteiger charge is 2.32. The van der Waals surface area contributed by atoms with Crippen molar-refractivity contribution in [1.82, 2.24) is 5.06 Å². The van der Waals surface area contributed by atoms with Gasteiger partial charge in [0.1, 0.15) is 6.54 Å². The summed E-state index contributed by atoms with van der Waals surface area (Å²) in [4.78, 5) is 44.8. The Labute approximate surface area is 221 Å². The van der Waals surface area contributed by atoms with E-state index in [4.69, 9.17) is 23.5 Å². The number of imide groups is 1. The fourth-order valence-corrected chi connectivity index (χ4v) is 4.06. The number of nitrogens with zero attached hydrogens (tertiary/aromatic N) is 4. The molecule has 2 heterocycles. The Kier molecular flexibility index (Phi) is 9.07. The van der Waals surface area contributed by atoms with Crippen LogP contribution in [0.5, 0.6) is 0 Å². The van der Waals surface area contributed by atoms with Crippen LogP contribution >= 0.6 is 0 Å². The average molecular weight is 549 g/mol. The predicted molar refractivity (Wildman–Crippen MR) is 127 cm³/mol. The lowest BCUT2D eigenvalue weighted by Crippen LogP contribution is -2.68. The zero-order chi connectivity index (χ0) is 28.2. The summed E-state index contributed by atoms with van der Waals surface area (Å²) < 4.78 is 36.2. The van der Waals surface area contributed by atoms with Crippen LogP contribution < -0.4 is 33.0 Å². The zero-order valence-electron chi connectivity index (χ0n) is 21.5. The standard InChI is InChI=1S/C25H29N4O4.ClHO4/c1-26(2)19-9-7-17-14-18-8-10-20(27(3)4)16-22(18)28(21(17)15-19)13-5-6-25(32)33-29-23(30)11-12-24(29)31;2-1(3,4)5/h7-10,14-16H,5-6,11-13H2,1-4H3;(H,2,3,4,5)/q+1;/p-1. The van der Waals surface area contributed by atoms with Crippen molar-refractivity contribution in [1.29, 1.82) is 0 Å². The number of carbonyl (C=O) groups is 3. The Morgan fingerprint density at radius 3 is 1.74 bits per heavy atom. The van der Waals surface area contributed by atoms with Gasteiger partial charge in [-0.2, -0.15) is 4.57 Å². The van der Waals surface area contributed by atoms with E-state index in [0.717, 1.165) is 33.2 Å². The number of hydrogen-bond donors (Lipinski definition) is 0. The van der Waals surface area contributed by atoms with E-state index in [9.17, 15) is 14.4 Å². The van der Waals surface area contributed by atoms with Gasteiger partial charge in [0, 0.05) is 81.7 Å². The molecule has 0 saturated carbocycles. The number of fused-ring (bicyclic) bond motifs is 2. The number of carbonyl (C=O) groups excluding carboxylic acids is 3. The van der Waals surface area contributed by atoms with Crippen LogP contribution in [0.2, 0.25) is 0 Å². The van der Waals surface area contributed by atoms with E-state index in [2.05, 4.69) is 56.8 Å². The first-order valence-corrected chi connectivity index (χ1v) is 12.9. The largest absolute Gasteiger partial charge is 0.377 e. The van der Waals surface area contributed by atoms with Gasteiger partial charge in [0.15, 0.2) is 0 Å². The molecular weight excluding hydrogens is 520 g/mol. The summed E-state index contributed by atoms with van der Waals surface area (Å²) in [5, 5.41) is 2.83. The van der Waals surface area contributed by atoms with Crippen LogP contribution in [0.25, 0.3) is 21.8 Å². The number of amides is 2. The molecule has 1 saturated heterocycles. The predicted octanol–water partition coefficient (Wildman–Crippen LogP) is -1.96. The fraction of sp³-hybridized carbons (Fsp3) is 0.360. The van der Waals surface area contributed by atoms with Crippen LogP contribution in [-0.4, -0.2) is 51.0 Å². The lowest BCUT2D eigenvalue weighted by Gasteiger charge is -2.17. The van der Waals surface area contributed by atoms with Crippen molar-refractivity contribution in [3.8, 4) is 0 Å². The number of benzene rings is 2. The maximum absolute atomic E-state index is 12.3. The van der Waals surface area contributed by atoms with E-state index < -0.39 is 28.0 Å². The van der Waals surface area contributed by atoms with Crippen molar-refractivity contribution in [2.75, 3.05) is 38.0 Å². The zero-order valence-corrected chi connectivity index (χ0v) is 22.3. The summed E-state index contributed by atoms with van der Waals surface area (Å²) >= 11 is 0. The van der Waals surface area contributed by atoms with Crippen molar-refractivity contribution >= 4 is 51.0 Å². The minimum Gasteiger partial charge on any atom is -0.377 e. The fourth-order valence-electron chi connectivity index (χ4n) is 4.06. The van der Waals surface area contributed by atoms with Crippen LogP contribution in [-0.2, 0) is 25.8 Å². The molecule has 204 valence electrons.